The minimum Gasteiger partial charge on any atom is -0.357 e. The Morgan fingerprint density at radius 3 is 2.48 bits per heavy atom. The van der Waals surface area contributed by atoms with Gasteiger partial charge < -0.3 is 10.6 Å². The van der Waals surface area contributed by atoms with Crippen LogP contribution >= 0.6 is 11.3 Å². The predicted octanol–water partition coefficient (Wildman–Crippen LogP) is 4.33. The van der Waals surface area contributed by atoms with E-state index in [1.165, 1.54) is 6.07 Å². The minimum absolute atomic E-state index is 0.0240. The topological polar surface area (TPSA) is 49.3 Å². The lowest BCUT2D eigenvalue weighted by Crippen LogP contribution is -2.43. The molecule has 1 heterocycles. The van der Waals surface area contributed by atoms with Crippen LogP contribution < -0.4 is 10.6 Å². The largest absolute Gasteiger partial charge is 0.434 e. The molecule has 1 aromatic carbocycles. The quantitative estimate of drug-likeness (QED) is 0.430. The molecule has 0 bridgehead atoms. The Kier molecular flexibility index (Phi) is 6.80. The van der Waals surface area contributed by atoms with Gasteiger partial charge in [-0.15, -0.1) is 11.3 Å². The number of aliphatic imine (C=N–C) groups is 1. The Bertz CT molecular complexity index is 784. The highest BCUT2D eigenvalue weighted by atomic mass is 32.1. The summed E-state index contributed by atoms with van der Waals surface area (Å²) in [7, 11) is 0. The fourth-order valence-electron chi connectivity index (χ4n) is 2.41. The van der Waals surface area contributed by atoms with E-state index >= 15 is 0 Å². The summed E-state index contributed by atoms with van der Waals surface area (Å²) in [5, 5.41) is 7.40. The highest BCUT2D eigenvalue weighted by molar-refractivity contribution is 7.09. The van der Waals surface area contributed by atoms with E-state index in [0.29, 0.717) is 24.6 Å². The van der Waals surface area contributed by atoms with Gasteiger partial charge in [-0.1, -0.05) is 32.0 Å². The number of hydrogen-bond acceptors (Lipinski definition) is 3. The van der Waals surface area contributed by atoms with E-state index in [2.05, 4.69) is 20.6 Å². The summed E-state index contributed by atoms with van der Waals surface area (Å²) in [5.74, 6) is 0.152. The van der Waals surface area contributed by atoms with Gasteiger partial charge in [-0.05, 0) is 18.6 Å². The highest BCUT2D eigenvalue weighted by Crippen LogP contribution is 2.30. The number of aromatic nitrogens is 1. The molecule has 0 amide bonds. The van der Waals surface area contributed by atoms with Crippen LogP contribution in [-0.2, 0) is 18.1 Å². The van der Waals surface area contributed by atoms with Crippen LogP contribution in [0, 0.1) is 5.82 Å². The number of benzene rings is 1. The van der Waals surface area contributed by atoms with Crippen LogP contribution in [0.2, 0.25) is 0 Å². The second-order valence-corrected chi connectivity index (χ2v) is 7.48. The molecule has 0 atom stereocenters. The first-order valence-electron chi connectivity index (χ1n) is 8.42. The van der Waals surface area contributed by atoms with Crippen molar-refractivity contribution < 1.29 is 17.6 Å². The molecule has 0 radical (unpaired) electrons. The zero-order valence-corrected chi connectivity index (χ0v) is 16.1. The van der Waals surface area contributed by atoms with E-state index in [1.54, 1.807) is 18.2 Å². The molecule has 0 aliphatic heterocycles. The molecule has 2 rings (SSSR count). The second kappa shape index (κ2) is 8.69. The van der Waals surface area contributed by atoms with Gasteiger partial charge in [0.1, 0.15) is 10.8 Å². The van der Waals surface area contributed by atoms with Crippen molar-refractivity contribution >= 4 is 17.3 Å². The van der Waals surface area contributed by atoms with Crippen LogP contribution in [-0.4, -0.2) is 24.0 Å². The van der Waals surface area contributed by atoms with Crippen LogP contribution in [0.4, 0.5) is 17.6 Å². The van der Waals surface area contributed by atoms with E-state index in [9.17, 15) is 17.6 Å². The lowest BCUT2D eigenvalue weighted by atomic mass is 9.84. The molecular weight excluding hydrogens is 380 g/mol. The van der Waals surface area contributed by atoms with Crippen molar-refractivity contribution in [3.8, 4) is 0 Å². The van der Waals surface area contributed by atoms with Crippen LogP contribution in [0.1, 0.15) is 37.0 Å². The molecule has 27 heavy (non-hydrogen) atoms. The maximum Gasteiger partial charge on any atom is 0.434 e. The number of nitrogens with one attached hydrogen (secondary N) is 2. The van der Waals surface area contributed by atoms with Crippen LogP contribution in [0.3, 0.4) is 0 Å². The smallest absolute Gasteiger partial charge is 0.357 e. The van der Waals surface area contributed by atoms with Crippen molar-refractivity contribution in [1.82, 2.24) is 15.6 Å². The zero-order valence-electron chi connectivity index (χ0n) is 15.3. The summed E-state index contributed by atoms with van der Waals surface area (Å²) in [5.41, 5.74) is -0.842. The maximum atomic E-state index is 14.1. The lowest BCUT2D eigenvalue weighted by Gasteiger charge is -2.27. The molecule has 148 valence electrons. The molecule has 1 aromatic heterocycles. The summed E-state index contributed by atoms with van der Waals surface area (Å²) < 4.78 is 51.9. The molecule has 0 unspecified atom stereocenters. The van der Waals surface area contributed by atoms with E-state index in [4.69, 9.17) is 0 Å². The highest BCUT2D eigenvalue weighted by Gasteiger charge is 2.33. The predicted molar refractivity (Wildman–Crippen MR) is 99.4 cm³/mol. The Labute approximate surface area is 159 Å². The average molecular weight is 402 g/mol. The SMILES string of the molecule is CCNC(=NCc1nc(C(F)(F)F)cs1)NCC(C)(C)c1ccccc1F. The molecule has 0 saturated carbocycles. The van der Waals surface area contributed by atoms with Gasteiger partial charge in [0, 0.05) is 23.9 Å². The van der Waals surface area contributed by atoms with E-state index in [0.717, 1.165) is 16.7 Å². The molecule has 4 nitrogen and oxygen atoms in total. The summed E-state index contributed by atoms with van der Waals surface area (Å²) >= 11 is 0.916. The minimum atomic E-state index is -4.45. The van der Waals surface area contributed by atoms with Gasteiger partial charge in [0.15, 0.2) is 11.7 Å². The molecule has 0 saturated heterocycles. The first kappa shape index (κ1) is 21.1. The molecular formula is C18H22F4N4S. The monoisotopic (exact) mass is 402 g/mol. The van der Waals surface area contributed by atoms with Gasteiger partial charge in [-0.25, -0.2) is 14.4 Å². The van der Waals surface area contributed by atoms with Gasteiger partial charge in [0.2, 0.25) is 0 Å². The number of halogens is 4. The van der Waals surface area contributed by atoms with Crippen molar-refractivity contribution in [2.24, 2.45) is 4.99 Å². The van der Waals surface area contributed by atoms with E-state index in [-0.39, 0.29) is 17.4 Å². The fourth-order valence-corrected chi connectivity index (χ4v) is 3.14. The molecule has 0 aliphatic carbocycles. The molecule has 0 aliphatic rings. The van der Waals surface area contributed by atoms with Crippen molar-refractivity contribution in [3.63, 3.8) is 0 Å². The summed E-state index contributed by atoms with van der Waals surface area (Å²) in [6.07, 6.45) is -4.45. The van der Waals surface area contributed by atoms with Crippen LogP contribution in [0.15, 0.2) is 34.6 Å². The molecule has 2 N–H and O–H groups in total. The Morgan fingerprint density at radius 1 is 1.19 bits per heavy atom. The first-order chi connectivity index (χ1) is 12.6. The molecule has 9 heteroatoms. The Morgan fingerprint density at radius 2 is 1.89 bits per heavy atom. The number of alkyl halides is 3. The third-order valence-corrected chi connectivity index (χ3v) is 4.69. The van der Waals surface area contributed by atoms with Crippen molar-refractivity contribution in [3.05, 3.63) is 51.7 Å². The number of thiazole rings is 1. The maximum absolute atomic E-state index is 14.1. The van der Waals surface area contributed by atoms with Gasteiger partial charge >= 0.3 is 6.18 Å². The van der Waals surface area contributed by atoms with Crippen molar-refractivity contribution in [2.45, 2.75) is 38.9 Å². The number of rotatable bonds is 6. The number of nitrogens with zero attached hydrogens (tertiary/aromatic N) is 2. The van der Waals surface area contributed by atoms with E-state index < -0.39 is 17.3 Å². The average Bonchev–Trinajstić information content (AvgIpc) is 3.07. The normalized spacial score (nSPS) is 12.9. The summed E-state index contributed by atoms with van der Waals surface area (Å²) in [6, 6.07) is 6.56. The van der Waals surface area contributed by atoms with Crippen LogP contribution in [0.25, 0.3) is 0 Å². The van der Waals surface area contributed by atoms with Gasteiger partial charge in [-0.2, -0.15) is 13.2 Å². The van der Waals surface area contributed by atoms with Gasteiger partial charge in [0.25, 0.3) is 0 Å². The van der Waals surface area contributed by atoms with Gasteiger partial charge in [0.05, 0.1) is 6.54 Å². The Hall–Kier alpha value is -2.16. The molecule has 0 fully saturated rings. The number of hydrogen-bond donors (Lipinski definition) is 2. The third-order valence-electron chi connectivity index (χ3n) is 3.86. The fraction of sp³-hybridized carbons (Fsp3) is 0.444. The lowest BCUT2D eigenvalue weighted by molar-refractivity contribution is -0.140. The third kappa shape index (κ3) is 5.92. The Balaban J connectivity index is 2.05. The molecule has 0 spiro atoms. The number of guanidine groups is 1. The molecule has 2 aromatic rings. The summed E-state index contributed by atoms with van der Waals surface area (Å²) in [6.45, 7) is 6.68. The zero-order chi connectivity index (χ0) is 20.1. The first-order valence-corrected chi connectivity index (χ1v) is 9.30. The van der Waals surface area contributed by atoms with E-state index in [1.807, 2.05) is 20.8 Å². The summed E-state index contributed by atoms with van der Waals surface area (Å²) in [4.78, 5) is 7.84. The van der Waals surface area contributed by atoms with Crippen molar-refractivity contribution in [2.75, 3.05) is 13.1 Å². The van der Waals surface area contributed by atoms with Crippen molar-refractivity contribution in [1.29, 1.82) is 0 Å². The standard InChI is InChI=1S/C18H22F4N4S/c1-4-23-16(24-9-15-26-14(10-27-15)18(20,21)22)25-11-17(2,3)12-7-5-6-8-13(12)19/h5-8,10H,4,9,11H2,1-3H3,(H2,23,24,25). The van der Waals surface area contributed by atoms with Gasteiger partial charge in [-0.3, -0.25) is 0 Å². The van der Waals surface area contributed by atoms with Crippen LogP contribution in [0.5, 0.6) is 0 Å². The second-order valence-electron chi connectivity index (χ2n) is 6.54.